The topological polar surface area (TPSA) is 60.4 Å². The fourth-order valence-corrected chi connectivity index (χ4v) is 3.74. The van der Waals surface area contributed by atoms with E-state index < -0.39 is 15.8 Å². The lowest BCUT2D eigenvalue weighted by Crippen LogP contribution is -2.23. The second-order valence-corrected chi connectivity index (χ2v) is 7.26. The molecule has 0 atom stereocenters. The van der Waals surface area contributed by atoms with Crippen molar-refractivity contribution < 1.29 is 17.9 Å². The SMILES string of the molecule is C=C(C)C(=O)OCCS(=O)(=O)CC1CCCCC1. The number of hydrogen-bond acceptors (Lipinski definition) is 4. The Hall–Kier alpha value is -0.840. The van der Waals surface area contributed by atoms with Gasteiger partial charge in [0.25, 0.3) is 0 Å². The predicted octanol–water partition coefficient (Wildman–Crippen LogP) is 2.10. The van der Waals surface area contributed by atoms with Crippen LogP contribution in [-0.2, 0) is 19.4 Å². The van der Waals surface area contributed by atoms with E-state index in [1.165, 1.54) is 6.42 Å². The van der Waals surface area contributed by atoms with Gasteiger partial charge in [-0.2, -0.15) is 0 Å². The van der Waals surface area contributed by atoms with Gasteiger partial charge in [0.2, 0.25) is 0 Å². The van der Waals surface area contributed by atoms with E-state index >= 15 is 0 Å². The Labute approximate surface area is 109 Å². The molecular weight excluding hydrogens is 252 g/mol. The maximum Gasteiger partial charge on any atom is 0.333 e. The van der Waals surface area contributed by atoms with Gasteiger partial charge >= 0.3 is 5.97 Å². The Kier molecular flexibility index (Phi) is 5.85. The van der Waals surface area contributed by atoms with Crippen LogP contribution in [0.15, 0.2) is 12.2 Å². The molecule has 0 spiro atoms. The zero-order valence-corrected chi connectivity index (χ0v) is 11.8. The molecule has 0 N–H and O–H groups in total. The highest BCUT2D eigenvalue weighted by molar-refractivity contribution is 7.91. The maximum absolute atomic E-state index is 11.8. The van der Waals surface area contributed by atoms with Crippen molar-refractivity contribution in [1.82, 2.24) is 0 Å². The lowest BCUT2D eigenvalue weighted by Gasteiger charge is -2.21. The average Bonchev–Trinajstić information content (AvgIpc) is 2.29. The Balaban J connectivity index is 2.30. The zero-order chi connectivity index (χ0) is 13.6. The zero-order valence-electron chi connectivity index (χ0n) is 11.0. The first kappa shape index (κ1) is 15.2. The molecule has 4 nitrogen and oxygen atoms in total. The molecule has 0 heterocycles. The number of hydrogen-bond donors (Lipinski definition) is 0. The molecule has 0 amide bonds. The molecule has 0 saturated heterocycles. The Bertz CT molecular complexity index is 391. The average molecular weight is 274 g/mol. The third-order valence-electron chi connectivity index (χ3n) is 3.19. The van der Waals surface area contributed by atoms with Crippen molar-refractivity contribution in [1.29, 1.82) is 0 Å². The largest absolute Gasteiger partial charge is 0.461 e. The summed E-state index contributed by atoms with van der Waals surface area (Å²) in [5.41, 5.74) is 0.291. The minimum Gasteiger partial charge on any atom is -0.461 e. The van der Waals surface area contributed by atoms with Crippen molar-refractivity contribution in [3.8, 4) is 0 Å². The van der Waals surface area contributed by atoms with Crippen molar-refractivity contribution >= 4 is 15.8 Å². The van der Waals surface area contributed by atoms with Crippen LogP contribution in [-0.4, -0.2) is 32.5 Å². The number of esters is 1. The fourth-order valence-electron chi connectivity index (χ4n) is 2.18. The molecular formula is C13H22O4S. The minimum atomic E-state index is -3.11. The van der Waals surface area contributed by atoms with Crippen LogP contribution in [0.1, 0.15) is 39.0 Å². The third-order valence-corrected chi connectivity index (χ3v) is 4.96. The molecule has 1 fully saturated rings. The van der Waals surface area contributed by atoms with Gasteiger partial charge < -0.3 is 4.74 Å². The summed E-state index contributed by atoms with van der Waals surface area (Å²) in [5, 5.41) is 0. The maximum atomic E-state index is 11.8. The van der Waals surface area contributed by atoms with E-state index in [2.05, 4.69) is 6.58 Å². The van der Waals surface area contributed by atoms with E-state index in [0.29, 0.717) is 11.5 Å². The van der Waals surface area contributed by atoms with Gasteiger partial charge in [0.15, 0.2) is 9.84 Å². The van der Waals surface area contributed by atoms with E-state index in [0.717, 1.165) is 25.7 Å². The van der Waals surface area contributed by atoms with Crippen LogP contribution in [0.4, 0.5) is 0 Å². The smallest absolute Gasteiger partial charge is 0.333 e. The summed E-state index contributed by atoms with van der Waals surface area (Å²) in [4.78, 5) is 11.1. The first-order valence-electron chi connectivity index (χ1n) is 6.44. The molecule has 0 bridgehead atoms. The molecule has 0 aromatic carbocycles. The van der Waals surface area contributed by atoms with Crippen LogP contribution in [0.3, 0.4) is 0 Å². The molecule has 0 aromatic rings. The number of carbonyl (C=O) groups is 1. The van der Waals surface area contributed by atoms with Gasteiger partial charge in [-0.25, -0.2) is 13.2 Å². The standard InChI is InChI=1S/C13H22O4S/c1-11(2)13(14)17-8-9-18(15,16)10-12-6-4-3-5-7-12/h12H,1,3-10H2,2H3. The molecule has 0 radical (unpaired) electrons. The van der Waals surface area contributed by atoms with Crippen molar-refractivity contribution in [2.45, 2.75) is 39.0 Å². The number of sulfone groups is 1. The predicted molar refractivity (Wildman–Crippen MR) is 71.0 cm³/mol. The van der Waals surface area contributed by atoms with Gasteiger partial charge in [0.05, 0.1) is 11.5 Å². The van der Waals surface area contributed by atoms with Gasteiger partial charge in [0, 0.05) is 5.57 Å². The summed E-state index contributed by atoms with van der Waals surface area (Å²) in [5.74, 6) is -0.0800. The van der Waals surface area contributed by atoms with Crippen LogP contribution >= 0.6 is 0 Å². The Morgan fingerprint density at radius 1 is 1.28 bits per heavy atom. The molecule has 0 aromatic heterocycles. The van der Waals surface area contributed by atoms with E-state index in [4.69, 9.17) is 4.74 Å². The highest BCUT2D eigenvalue weighted by Crippen LogP contribution is 2.24. The molecule has 0 aliphatic heterocycles. The monoisotopic (exact) mass is 274 g/mol. The molecule has 5 heteroatoms. The number of carbonyl (C=O) groups excluding carboxylic acids is 1. The lowest BCUT2D eigenvalue weighted by molar-refractivity contribution is -0.138. The normalized spacial score (nSPS) is 17.4. The van der Waals surface area contributed by atoms with Crippen LogP contribution in [0.2, 0.25) is 0 Å². The van der Waals surface area contributed by atoms with Gasteiger partial charge in [-0.05, 0) is 25.7 Å². The van der Waals surface area contributed by atoms with Gasteiger partial charge in [-0.1, -0.05) is 25.8 Å². The van der Waals surface area contributed by atoms with Crippen molar-refractivity contribution in [2.24, 2.45) is 5.92 Å². The molecule has 18 heavy (non-hydrogen) atoms. The van der Waals surface area contributed by atoms with Crippen molar-refractivity contribution in [3.63, 3.8) is 0 Å². The van der Waals surface area contributed by atoms with E-state index in [9.17, 15) is 13.2 Å². The fraction of sp³-hybridized carbons (Fsp3) is 0.769. The van der Waals surface area contributed by atoms with Crippen LogP contribution < -0.4 is 0 Å². The van der Waals surface area contributed by atoms with Crippen molar-refractivity contribution in [3.05, 3.63) is 12.2 Å². The van der Waals surface area contributed by atoms with E-state index in [1.54, 1.807) is 6.92 Å². The third kappa shape index (κ3) is 5.67. The number of ether oxygens (including phenoxy) is 1. The van der Waals surface area contributed by atoms with Crippen LogP contribution in [0.5, 0.6) is 0 Å². The molecule has 0 unspecified atom stereocenters. The Morgan fingerprint density at radius 3 is 2.44 bits per heavy atom. The lowest BCUT2D eigenvalue weighted by atomic mass is 9.91. The van der Waals surface area contributed by atoms with Gasteiger partial charge in [-0.15, -0.1) is 0 Å². The highest BCUT2D eigenvalue weighted by atomic mass is 32.2. The summed E-state index contributed by atoms with van der Waals surface area (Å²) in [6, 6.07) is 0. The summed E-state index contributed by atoms with van der Waals surface area (Å²) in [7, 11) is -3.11. The van der Waals surface area contributed by atoms with Crippen molar-refractivity contribution in [2.75, 3.05) is 18.1 Å². The first-order valence-corrected chi connectivity index (χ1v) is 8.26. The first-order chi connectivity index (χ1) is 8.41. The Morgan fingerprint density at radius 2 is 1.89 bits per heavy atom. The quantitative estimate of drug-likeness (QED) is 0.550. The van der Waals surface area contributed by atoms with E-state index in [-0.39, 0.29) is 18.1 Å². The second kappa shape index (κ2) is 6.92. The molecule has 1 aliphatic rings. The second-order valence-electron chi connectivity index (χ2n) is 5.03. The van der Waals surface area contributed by atoms with Crippen LogP contribution in [0.25, 0.3) is 0 Å². The van der Waals surface area contributed by atoms with Crippen LogP contribution in [0, 0.1) is 5.92 Å². The minimum absolute atomic E-state index is 0.0687. The van der Waals surface area contributed by atoms with Gasteiger partial charge in [0.1, 0.15) is 6.61 Å². The summed E-state index contributed by atoms with van der Waals surface area (Å²) in [6.45, 7) is 4.91. The number of rotatable bonds is 6. The van der Waals surface area contributed by atoms with Gasteiger partial charge in [-0.3, -0.25) is 0 Å². The molecule has 1 rings (SSSR count). The molecule has 104 valence electrons. The highest BCUT2D eigenvalue weighted by Gasteiger charge is 2.21. The summed E-state index contributed by atoms with van der Waals surface area (Å²) < 4.78 is 28.5. The van der Waals surface area contributed by atoms with E-state index in [1.807, 2.05) is 0 Å². The summed E-state index contributed by atoms with van der Waals surface area (Å²) in [6.07, 6.45) is 5.48. The molecule has 1 aliphatic carbocycles. The molecule has 1 saturated carbocycles. The summed E-state index contributed by atoms with van der Waals surface area (Å²) >= 11 is 0.